The van der Waals surface area contributed by atoms with Crippen molar-refractivity contribution in [3.05, 3.63) is 60.0 Å². The molecule has 184 valence electrons. The van der Waals surface area contributed by atoms with E-state index in [0.29, 0.717) is 17.0 Å². The molecule has 1 aliphatic heterocycles. The fourth-order valence-electron chi connectivity index (χ4n) is 4.10. The lowest BCUT2D eigenvalue weighted by atomic mass is 9.83. The number of rotatable bonds is 6. The van der Waals surface area contributed by atoms with E-state index in [1.54, 1.807) is 7.11 Å². The summed E-state index contributed by atoms with van der Waals surface area (Å²) in [5.41, 5.74) is 4.14. The number of fused-ring (bicyclic) bond motifs is 1. The molecule has 0 aliphatic carbocycles. The van der Waals surface area contributed by atoms with E-state index >= 15 is 0 Å². The first-order valence-electron chi connectivity index (χ1n) is 11.1. The van der Waals surface area contributed by atoms with E-state index < -0.39 is 10.0 Å². The minimum atomic E-state index is -3.34. The predicted octanol–water partition coefficient (Wildman–Crippen LogP) is 4.27. The Balaban J connectivity index is 1.86. The number of carbonyl (C=O) groups excluding carboxylic acids is 2. The summed E-state index contributed by atoms with van der Waals surface area (Å²) in [4.78, 5) is 25.8. The van der Waals surface area contributed by atoms with Gasteiger partial charge in [-0.15, -0.1) is 0 Å². The molecule has 0 atom stereocenters. The van der Waals surface area contributed by atoms with Gasteiger partial charge in [0, 0.05) is 40.5 Å². The van der Waals surface area contributed by atoms with Crippen LogP contribution < -0.4 is 14.4 Å². The van der Waals surface area contributed by atoms with Gasteiger partial charge in [-0.3, -0.25) is 14.5 Å². The van der Waals surface area contributed by atoms with E-state index in [4.69, 9.17) is 9.15 Å². The van der Waals surface area contributed by atoms with Crippen LogP contribution in [0.25, 0.3) is 22.1 Å². The highest BCUT2D eigenvalue weighted by Gasteiger charge is 2.27. The number of amides is 1. The number of benzene rings is 2. The molecule has 3 aromatic rings. The first-order chi connectivity index (χ1) is 16.4. The zero-order valence-corrected chi connectivity index (χ0v) is 21.2. The summed E-state index contributed by atoms with van der Waals surface area (Å²) in [5.74, 6) is 0.161. The van der Waals surface area contributed by atoms with Crippen LogP contribution in [-0.2, 0) is 31.6 Å². The van der Waals surface area contributed by atoms with Crippen molar-refractivity contribution in [2.45, 2.75) is 39.2 Å². The molecule has 0 saturated carbocycles. The maximum atomic E-state index is 12.6. The van der Waals surface area contributed by atoms with Gasteiger partial charge in [-0.2, -0.15) is 0 Å². The number of nitrogens with one attached hydrogen (secondary N) is 1. The van der Waals surface area contributed by atoms with Crippen molar-refractivity contribution < 1.29 is 27.2 Å². The fraction of sp³-hybridized carbons (Fsp3) is 0.308. The zero-order valence-electron chi connectivity index (χ0n) is 20.3. The van der Waals surface area contributed by atoms with Crippen molar-refractivity contribution in [2.24, 2.45) is 0 Å². The molecule has 1 amide bonds. The Morgan fingerprint density at radius 1 is 1.14 bits per heavy atom. The highest BCUT2D eigenvalue weighted by atomic mass is 32.2. The summed E-state index contributed by atoms with van der Waals surface area (Å²) in [6.45, 7) is 6.31. The first kappa shape index (κ1) is 24.7. The third-order valence-corrected chi connectivity index (χ3v) is 6.53. The average molecular weight is 497 g/mol. The van der Waals surface area contributed by atoms with E-state index in [0.717, 1.165) is 33.9 Å². The lowest BCUT2D eigenvalue weighted by molar-refractivity contribution is -0.124. The van der Waals surface area contributed by atoms with E-state index in [1.807, 2.05) is 30.3 Å². The topological polar surface area (TPSA) is 106 Å². The van der Waals surface area contributed by atoms with Gasteiger partial charge in [-0.25, -0.2) is 13.1 Å². The summed E-state index contributed by atoms with van der Waals surface area (Å²) in [5, 5.41) is 0.795. The highest BCUT2D eigenvalue weighted by Crippen LogP contribution is 2.43. The van der Waals surface area contributed by atoms with Gasteiger partial charge in [-0.05, 0) is 35.3 Å². The number of anilines is 1. The van der Waals surface area contributed by atoms with Gasteiger partial charge in [0.1, 0.15) is 11.3 Å². The molecule has 0 radical (unpaired) electrons. The molecule has 2 heterocycles. The lowest BCUT2D eigenvalue weighted by Crippen LogP contribution is -2.31. The zero-order chi connectivity index (χ0) is 25.5. The quantitative estimate of drug-likeness (QED) is 0.511. The first-order valence-corrected chi connectivity index (χ1v) is 13.0. The molecule has 4 rings (SSSR count). The number of allylic oxidation sites excluding steroid dienone is 1. The largest absolute Gasteiger partial charge is 0.496 e. The van der Waals surface area contributed by atoms with Crippen molar-refractivity contribution in [3.8, 4) is 16.9 Å². The minimum Gasteiger partial charge on any atom is -0.496 e. The number of furan rings is 1. The van der Waals surface area contributed by atoms with Crippen LogP contribution >= 0.6 is 0 Å². The Kier molecular flexibility index (Phi) is 6.33. The smallest absolute Gasteiger partial charge is 0.238 e. The van der Waals surface area contributed by atoms with Crippen molar-refractivity contribution in [1.29, 1.82) is 0 Å². The Hall–Kier alpha value is -3.43. The number of ether oxygens (including phenoxy) is 1. The normalized spacial score (nSPS) is 14.7. The molecule has 0 bridgehead atoms. The summed E-state index contributed by atoms with van der Waals surface area (Å²) < 4.78 is 37.0. The van der Waals surface area contributed by atoms with Crippen molar-refractivity contribution in [2.75, 3.05) is 18.3 Å². The molecule has 0 spiro atoms. The van der Waals surface area contributed by atoms with Crippen LogP contribution in [0.15, 0.2) is 53.3 Å². The molecule has 8 nitrogen and oxygen atoms in total. The van der Waals surface area contributed by atoms with E-state index in [-0.39, 0.29) is 30.1 Å². The molecular weight excluding hydrogens is 468 g/mol. The lowest BCUT2D eigenvalue weighted by Gasteiger charge is -2.28. The molecule has 0 unspecified atom stereocenters. The molecular formula is C26H28N2O6S. The predicted molar refractivity (Wildman–Crippen MR) is 135 cm³/mol. The Morgan fingerprint density at radius 2 is 1.89 bits per heavy atom. The maximum absolute atomic E-state index is 12.6. The monoisotopic (exact) mass is 496 g/mol. The van der Waals surface area contributed by atoms with Gasteiger partial charge >= 0.3 is 0 Å². The third-order valence-electron chi connectivity index (χ3n) is 5.86. The van der Waals surface area contributed by atoms with Crippen molar-refractivity contribution >= 4 is 38.4 Å². The highest BCUT2D eigenvalue weighted by molar-refractivity contribution is 7.88. The number of hydrogen-bond acceptors (Lipinski definition) is 6. The molecule has 0 fully saturated rings. The number of sulfonamides is 1. The molecule has 1 aromatic heterocycles. The van der Waals surface area contributed by atoms with E-state index in [1.165, 1.54) is 23.4 Å². The number of hydrogen-bond donors (Lipinski definition) is 1. The minimum absolute atomic E-state index is 0.125. The van der Waals surface area contributed by atoms with E-state index in [2.05, 4.69) is 25.5 Å². The van der Waals surface area contributed by atoms with Crippen LogP contribution in [0.5, 0.6) is 5.75 Å². The summed E-state index contributed by atoms with van der Waals surface area (Å²) in [7, 11) is -1.73. The van der Waals surface area contributed by atoms with Crippen LogP contribution in [0, 0.1) is 0 Å². The van der Waals surface area contributed by atoms with Crippen LogP contribution in [0.4, 0.5) is 5.69 Å². The van der Waals surface area contributed by atoms with Crippen molar-refractivity contribution in [1.82, 2.24) is 4.72 Å². The Labute approximate surface area is 204 Å². The molecule has 35 heavy (non-hydrogen) atoms. The van der Waals surface area contributed by atoms with Gasteiger partial charge in [0.15, 0.2) is 5.78 Å². The van der Waals surface area contributed by atoms with Crippen LogP contribution in [0.1, 0.15) is 38.3 Å². The summed E-state index contributed by atoms with van der Waals surface area (Å²) >= 11 is 0. The van der Waals surface area contributed by atoms with Gasteiger partial charge in [-0.1, -0.05) is 32.9 Å². The van der Waals surface area contributed by atoms with Gasteiger partial charge in [0.2, 0.25) is 15.9 Å². The number of carbonyl (C=O) groups is 2. The Morgan fingerprint density at radius 3 is 2.51 bits per heavy atom. The van der Waals surface area contributed by atoms with Crippen LogP contribution in [0.3, 0.4) is 0 Å². The number of ketones is 1. The third kappa shape index (κ3) is 5.16. The van der Waals surface area contributed by atoms with Gasteiger partial charge < -0.3 is 9.15 Å². The van der Waals surface area contributed by atoms with E-state index in [9.17, 15) is 18.0 Å². The summed E-state index contributed by atoms with van der Waals surface area (Å²) in [6.07, 6.45) is 5.38. The van der Waals surface area contributed by atoms with Gasteiger partial charge in [0.25, 0.3) is 0 Å². The average Bonchev–Trinajstić information content (AvgIpc) is 3.18. The maximum Gasteiger partial charge on any atom is 0.238 e. The molecule has 2 aromatic carbocycles. The molecule has 1 aliphatic rings. The number of nitrogens with zero attached hydrogens (tertiary/aromatic N) is 1. The summed E-state index contributed by atoms with van der Waals surface area (Å²) in [6, 6.07) is 9.43. The standard InChI is InChI=1S/C26H28N2O6S/c1-26(2,3)22-12-18(28-9-8-19(29)13-24(28)30)11-21(25(22)33-4)16-6-7-20-17(14-27-35(5,31)32)15-34-23(20)10-16/h6-12,15,27H,13-14H2,1-5H3. The van der Waals surface area contributed by atoms with Crippen LogP contribution in [0.2, 0.25) is 0 Å². The van der Waals surface area contributed by atoms with Crippen LogP contribution in [-0.4, -0.2) is 33.5 Å². The SMILES string of the molecule is COc1c(-c2ccc3c(CNS(C)(=O)=O)coc3c2)cc(N2C=CC(=O)CC2=O)cc1C(C)(C)C. The molecule has 1 N–H and O–H groups in total. The second-order valence-corrected chi connectivity index (χ2v) is 11.4. The molecule has 9 heteroatoms. The number of methoxy groups -OCH3 is 1. The molecule has 0 saturated heterocycles. The Bertz CT molecular complexity index is 1460. The second-order valence-electron chi connectivity index (χ2n) is 9.61. The van der Waals surface area contributed by atoms with Crippen molar-refractivity contribution in [3.63, 3.8) is 0 Å². The second kappa shape index (κ2) is 8.98. The van der Waals surface area contributed by atoms with Gasteiger partial charge in [0.05, 0.1) is 26.0 Å². The fourth-order valence-corrected chi connectivity index (χ4v) is 4.52.